The van der Waals surface area contributed by atoms with Crippen LogP contribution in [0.5, 0.6) is 0 Å². The maximum Gasteiger partial charge on any atom is 0.315 e. The minimum Gasteiger partial charge on any atom is -0.365 e. The molecule has 3 aromatic carbocycles. The molecule has 0 saturated heterocycles. The smallest absolute Gasteiger partial charge is 0.315 e. The van der Waals surface area contributed by atoms with Gasteiger partial charge in [0.25, 0.3) is 5.91 Å². The second kappa shape index (κ2) is 9.36. The number of hydrogen-bond acceptors (Lipinski definition) is 3. The Bertz CT molecular complexity index is 1460. The van der Waals surface area contributed by atoms with E-state index in [2.05, 4.69) is 0 Å². The molecule has 0 aliphatic carbocycles. The predicted octanol–water partition coefficient (Wildman–Crippen LogP) is 4.49. The molecule has 1 atom stereocenters. The maximum atomic E-state index is 12.9. The Morgan fingerprint density at radius 1 is 0.806 bits per heavy atom. The molecular formula is C28H23ClN4O3. The van der Waals surface area contributed by atoms with Crippen LogP contribution in [0.15, 0.2) is 84.9 Å². The molecule has 0 spiro atoms. The van der Waals surface area contributed by atoms with Gasteiger partial charge in [-0.2, -0.15) is 0 Å². The lowest BCUT2D eigenvalue weighted by atomic mass is 9.89. The van der Waals surface area contributed by atoms with Crippen molar-refractivity contribution in [2.75, 3.05) is 6.54 Å². The summed E-state index contributed by atoms with van der Waals surface area (Å²) in [5.41, 5.74) is 15.6. The molecule has 0 bridgehead atoms. The molecule has 1 unspecified atom stereocenters. The van der Waals surface area contributed by atoms with E-state index in [1.165, 1.54) is 4.90 Å². The molecule has 7 nitrogen and oxygen atoms in total. The fraction of sp³-hybridized carbons (Fsp3) is 0.107. The van der Waals surface area contributed by atoms with E-state index in [0.717, 1.165) is 11.4 Å². The van der Waals surface area contributed by atoms with Crippen LogP contribution in [0.1, 0.15) is 49.1 Å². The van der Waals surface area contributed by atoms with E-state index >= 15 is 0 Å². The summed E-state index contributed by atoms with van der Waals surface area (Å²) in [7, 11) is 0. The Kier molecular flexibility index (Phi) is 6.08. The zero-order valence-electron chi connectivity index (χ0n) is 19.2. The van der Waals surface area contributed by atoms with Crippen molar-refractivity contribution >= 4 is 29.3 Å². The van der Waals surface area contributed by atoms with Gasteiger partial charge in [-0.1, -0.05) is 84.4 Å². The summed E-state index contributed by atoms with van der Waals surface area (Å²) in [6.45, 7) is 0.322. The first-order chi connectivity index (χ1) is 17.4. The van der Waals surface area contributed by atoms with E-state index in [-0.39, 0.29) is 16.5 Å². The lowest BCUT2D eigenvalue weighted by Crippen LogP contribution is -2.44. The Morgan fingerprint density at radius 3 is 1.97 bits per heavy atom. The second-order valence-electron chi connectivity index (χ2n) is 8.56. The van der Waals surface area contributed by atoms with E-state index in [9.17, 15) is 14.4 Å². The normalized spacial score (nSPS) is 14.8. The van der Waals surface area contributed by atoms with Crippen molar-refractivity contribution in [1.82, 2.24) is 9.47 Å². The van der Waals surface area contributed by atoms with Crippen molar-refractivity contribution < 1.29 is 14.4 Å². The molecule has 0 fully saturated rings. The number of benzene rings is 3. The number of carbonyl (C=O) groups is 3. The molecule has 0 saturated carbocycles. The van der Waals surface area contributed by atoms with Gasteiger partial charge in [0.05, 0.1) is 11.6 Å². The highest BCUT2D eigenvalue weighted by Crippen LogP contribution is 2.43. The highest BCUT2D eigenvalue weighted by Gasteiger charge is 2.39. The number of para-hydroxylation sites is 1. The van der Waals surface area contributed by atoms with E-state index in [4.69, 9.17) is 23.1 Å². The summed E-state index contributed by atoms with van der Waals surface area (Å²) in [4.78, 5) is 39.5. The van der Waals surface area contributed by atoms with Gasteiger partial charge in [0.1, 0.15) is 5.15 Å². The number of rotatable bonds is 5. The molecule has 0 radical (unpaired) electrons. The lowest BCUT2D eigenvalue weighted by Gasteiger charge is -2.36. The Morgan fingerprint density at radius 2 is 1.39 bits per heavy atom. The zero-order valence-corrected chi connectivity index (χ0v) is 20.0. The number of fused-ring (bicyclic) bond motifs is 1. The summed E-state index contributed by atoms with van der Waals surface area (Å²) in [6, 6.07) is 24.0. The average Bonchev–Trinajstić information content (AvgIpc) is 3.20. The largest absolute Gasteiger partial charge is 0.365 e. The minimum atomic E-state index is -0.697. The number of amides is 3. The molecule has 4 aromatic rings. The zero-order chi connectivity index (χ0) is 25.4. The molecule has 5 rings (SSSR count). The van der Waals surface area contributed by atoms with Crippen LogP contribution in [0.25, 0.3) is 5.69 Å². The summed E-state index contributed by atoms with van der Waals surface area (Å²) < 4.78 is 1.80. The van der Waals surface area contributed by atoms with Crippen LogP contribution in [0.3, 0.4) is 0 Å². The Hall–Kier alpha value is -4.36. The van der Waals surface area contributed by atoms with Gasteiger partial charge in [0.2, 0.25) is 0 Å². The first kappa shape index (κ1) is 23.4. The molecule has 180 valence electrons. The summed E-state index contributed by atoms with van der Waals surface area (Å²) >= 11 is 6.75. The van der Waals surface area contributed by atoms with Gasteiger partial charge in [-0.3, -0.25) is 9.59 Å². The van der Waals surface area contributed by atoms with Crippen LogP contribution in [-0.4, -0.2) is 33.7 Å². The highest BCUT2D eigenvalue weighted by atomic mass is 35.5. The van der Waals surface area contributed by atoms with Crippen molar-refractivity contribution in [2.45, 2.75) is 12.5 Å². The Labute approximate surface area is 212 Å². The van der Waals surface area contributed by atoms with E-state index in [0.29, 0.717) is 35.2 Å². The van der Waals surface area contributed by atoms with Gasteiger partial charge in [0.15, 0.2) is 5.78 Å². The molecule has 4 N–H and O–H groups in total. The van der Waals surface area contributed by atoms with Crippen LogP contribution < -0.4 is 11.5 Å². The van der Waals surface area contributed by atoms with Crippen LogP contribution in [0.4, 0.5) is 4.79 Å². The Balaban J connectivity index is 1.66. The first-order valence-electron chi connectivity index (χ1n) is 11.4. The molecule has 1 aliphatic rings. The van der Waals surface area contributed by atoms with Crippen LogP contribution >= 0.6 is 11.6 Å². The number of carbonyl (C=O) groups excluding carboxylic acids is 3. The number of primary amides is 2. The standard InChI is InChI=1S/C28H23ClN4O3/c29-26-23(27(30)35)22-21(33(26)20-9-5-2-6-10-20)15-16-32(28(31)36)24(22)17-11-13-19(14-12-17)25(34)18-7-3-1-4-8-18/h1-14,24H,15-16H2,(H2,30,35)(H2,31,36). The number of halogens is 1. The summed E-state index contributed by atoms with van der Waals surface area (Å²) in [5.74, 6) is -0.813. The summed E-state index contributed by atoms with van der Waals surface area (Å²) in [5, 5.41) is 0.186. The SMILES string of the molecule is NC(=O)c1c2c(n(-c3ccccc3)c1Cl)CCN(C(N)=O)C2c1ccc(C(=O)c2ccccc2)cc1. The molecular weight excluding hydrogens is 476 g/mol. The van der Waals surface area contributed by atoms with Crippen molar-refractivity contribution in [3.63, 3.8) is 0 Å². The van der Waals surface area contributed by atoms with Crippen LogP contribution in [0, 0.1) is 0 Å². The molecule has 36 heavy (non-hydrogen) atoms. The fourth-order valence-electron chi connectivity index (χ4n) is 4.90. The monoisotopic (exact) mass is 498 g/mol. The van der Waals surface area contributed by atoms with Gasteiger partial charge in [-0.05, 0) is 17.7 Å². The summed E-state index contributed by atoms with van der Waals surface area (Å²) in [6.07, 6.45) is 0.432. The maximum absolute atomic E-state index is 12.9. The highest BCUT2D eigenvalue weighted by molar-refractivity contribution is 6.33. The first-order valence-corrected chi connectivity index (χ1v) is 11.8. The number of nitrogens with zero attached hydrogens (tertiary/aromatic N) is 2. The molecule has 1 aromatic heterocycles. The van der Waals surface area contributed by atoms with E-state index < -0.39 is 18.0 Å². The van der Waals surface area contributed by atoms with Crippen molar-refractivity contribution in [3.8, 4) is 5.69 Å². The van der Waals surface area contributed by atoms with Gasteiger partial charge in [-0.15, -0.1) is 0 Å². The third-order valence-electron chi connectivity index (χ3n) is 6.50. The number of aromatic nitrogens is 1. The third kappa shape index (κ3) is 3.93. The number of ketones is 1. The minimum absolute atomic E-state index is 0.116. The topological polar surface area (TPSA) is 111 Å². The average molecular weight is 499 g/mol. The number of urea groups is 1. The second-order valence-corrected chi connectivity index (χ2v) is 8.92. The van der Waals surface area contributed by atoms with E-state index in [1.807, 2.05) is 48.5 Å². The van der Waals surface area contributed by atoms with Gasteiger partial charge in [-0.25, -0.2) is 4.79 Å². The van der Waals surface area contributed by atoms with Crippen molar-refractivity contribution in [2.24, 2.45) is 11.5 Å². The number of nitrogens with two attached hydrogens (primary N) is 2. The lowest BCUT2D eigenvalue weighted by molar-refractivity contribution is 0.0995. The molecule has 3 amide bonds. The van der Waals surface area contributed by atoms with Gasteiger partial charge in [0, 0.05) is 41.0 Å². The van der Waals surface area contributed by atoms with Crippen LogP contribution in [-0.2, 0) is 6.42 Å². The van der Waals surface area contributed by atoms with Crippen molar-refractivity contribution in [3.05, 3.63) is 124 Å². The molecule has 2 heterocycles. The quantitative estimate of drug-likeness (QED) is 0.395. The fourth-order valence-corrected chi connectivity index (χ4v) is 5.29. The van der Waals surface area contributed by atoms with E-state index in [1.54, 1.807) is 41.0 Å². The number of hydrogen-bond donors (Lipinski definition) is 2. The van der Waals surface area contributed by atoms with Gasteiger partial charge < -0.3 is 20.9 Å². The molecule has 8 heteroatoms. The third-order valence-corrected chi connectivity index (χ3v) is 6.85. The van der Waals surface area contributed by atoms with Crippen LogP contribution in [0.2, 0.25) is 5.15 Å². The van der Waals surface area contributed by atoms with Gasteiger partial charge >= 0.3 is 6.03 Å². The molecule has 1 aliphatic heterocycles. The predicted molar refractivity (Wildman–Crippen MR) is 137 cm³/mol. The van der Waals surface area contributed by atoms with Crippen molar-refractivity contribution in [1.29, 1.82) is 0 Å².